The highest BCUT2D eigenvalue weighted by atomic mass is 16.4. The zero-order valence-corrected chi connectivity index (χ0v) is 11.3. The first-order valence-electron chi connectivity index (χ1n) is 6.64. The zero-order valence-electron chi connectivity index (χ0n) is 11.3. The van der Waals surface area contributed by atoms with Gasteiger partial charge in [0, 0.05) is 0 Å². The van der Waals surface area contributed by atoms with E-state index in [-0.39, 0.29) is 6.42 Å². The summed E-state index contributed by atoms with van der Waals surface area (Å²) in [7, 11) is 0. The molecule has 0 fully saturated rings. The number of carboxylic acid groups (broad SMARTS) is 2. The normalized spacial score (nSPS) is 13.3. The summed E-state index contributed by atoms with van der Waals surface area (Å²) in [4.78, 5) is 23.1. The quantitative estimate of drug-likeness (QED) is 0.855. The monoisotopic (exact) mass is 284 g/mol. The van der Waals surface area contributed by atoms with E-state index in [1.807, 2.05) is 18.2 Å². The van der Waals surface area contributed by atoms with Gasteiger partial charge in [-0.3, -0.25) is 9.59 Å². The van der Waals surface area contributed by atoms with E-state index in [1.165, 1.54) is 0 Å². The van der Waals surface area contributed by atoms with Crippen LogP contribution in [0.3, 0.4) is 0 Å². The first-order valence-corrected chi connectivity index (χ1v) is 6.64. The summed E-state index contributed by atoms with van der Waals surface area (Å²) in [6, 6.07) is 17.6. The second kappa shape index (κ2) is 6.70. The number of hydrogen-bond donors (Lipinski definition) is 2. The van der Waals surface area contributed by atoms with E-state index in [9.17, 15) is 19.8 Å². The van der Waals surface area contributed by atoms with E-state index >= 15 is 0 Å². The Morgan fingerprint density at radius 1 is 0.810 bits per heavy atom. The third-order valence-corrected chi connectivity index (χ3v) is 3.44. The minimum absolute atomic E-state index is 0.183. The van der Waals surface area contributed by atoms with Crippen molar-refractivity contribution in [2.75, 3.05) is 0 Å². The van der Waals surface area contributed by atoms with Crippen molar-refractivity contribution in [2.45, 2.75) is 12.3 Å². The minimum Gasteiger partial charge on any atom is -0.481 e. The third kappa shape index (κ3) is 3.69. The lowest BCUT2D eigenvalue weighted by Crippen LogP contribution is -2.29. The Kier molecular flexibility index (Phi) is 4.72. The van der Waals surface area contributed by atoms with Crippen molar-refractivity contribution in [2.24, 2.45) is 5.92 Å². The lowest BCUT2D eigenvalue weighted by atomic mass is 9.82. The van der Waals surface area contributed by atoms with E-state index < -0.39 is 23.8 Å². The number of hydrogen-bond acceptors (Lipinski definition) is 2. The summed E-state index contributed by atoms with van der Waals surface area (Å²) >= 11 is 0. The minimum atomic E-state index is -1.12. The lowest BCUT2D eigenvalue weighted by molar-refractivity contribution is -0.150. The van der Waals surface area contributed by atoms with Crippen LogP contribution in [-0.4, -0.2) is 22.2 Å². The van der Waals surface area contributed by atoms with Crippen molar-refractivity contribution in [1.29, 1.82) is 0 Å². The topological polar surface area (TPSA) is 74.6 Å². The van der Waals surface area contributed by atoms with Crippen LogP contribution in [-0.2, 0) is 16.0 Å². The Morgan fingerprint density at radius 2 is 1.33 bits per heavy atom. The summed E-state index contributed by atoms with van der Waals surface area (Å²) in [5.74, 6) is -4.30. The molecule has 4 heteroatoms. The van der Waals surface area contributed by atoms with Crippen LogP contribution in [0.2, 0.25) is 0 Å². The fraction of sp³-hybridized carbons (Fsp3) is 0.176. The largest absolute Gasteiger partial charge is 0.481 e. The fourth-order valence-corrected chi connectivity index (χ4v) is 2.42. The van der Waals surface area contributed by atoms with Crippen LogP contribution in [0.15, 0.2) is 60.7 Å². The molecule has 0 heterocycles. The molecule has 0 saturated heterocycles. The molecule has 0 bridgehead atoms. The number of carbonyl (C=O) groups is 2. The predicted molar refractivity (Wildman–Crippen MR) is 78.1 cm³/mol. The Hall–Kier alpha value is -2.62. The van der Waals surface area contributed by atoms with Gasteiger partial charge < -0.3 is 10.2 Å². The molecule has 0 aromatic heterocycles. The van der Waals surface area contributed by atoms with Crippen LogP contribution in [0.5, 0.6) is 0 Å². The van der Waals surface area contributed by atoms with Gasteiger partial charge in [0.05, 0.1) is 11.8 Å². The Balaban J connectivity index is 2.34. The highest BCUT2D eigenvalue weighted by molar-refractivity contribution is 5.84. The Morgan fingerprint density at radius 3 is 1.81 bits per heavy atom. The molecule has 2 N–H and O–H groups in total. The SMILES string of the molecule is O=C(O)[C@@H](Cc1ccccc1)[C@@H](C(=O)O)c1ccccc1. The van der Waals surface area contributed by atoms with Gasteiger partial charge in [0.2, 0.25) is 0 Å². The first-order chi connectivity index (χ1) is 10.1. The van der Waals surface area contributed by atoms with Crippen molar-refractivity contribution in [3.63, 3.8) is 0 Å². The molecule has 21 heavy (non-hydrogen) atoms. The molecule has 0 aliphatic heterocycles. The maximum atomic E-state index is 11.6. The number of carboxylic acids is 2. The van der Waals surface area contributed by atoms with Crippen molar-refractivity contribution in [1.82, 2.24) is 0 Å². The molecular weight excluding hydrogens is 268 g/mol. The molecule has 0 radical (unpaired) electrons. The zero-order chi connectivity index (χ0) is 15.2. The predicted octanol–water partition coefficient (Wildman–Crippen LogP) is 2.80. The molecule has 0 aliphatic carbocycles. The molecule has 0 unspecified atom stereocenters. The van der Waals surface area contributed by atoms with Crippen molar-refractivity contribution in [3.05, 3.63) is 71.8 Å². The van der Waals surface area contributed by atoms with E-state index in [1.54, 1.807) is 42.5 Å². The summed E-state index contributed by atoms with van der Waals surface area (Å²) in [5.41, 5.74) is 1.32. The van der Waals surface area contributed by atoms with Gasteiger partial charge in [-0.25, -0.2) is 0 Å². The van der Waals surface area contributed by atoms with Crippen molar-refractivity contribution in [3.8, 4) is 0 Å². The Bertz CT molecular complexity index is 607. The maximum absolute atomic E-state index is 11.6. The van der Waals surface area contributed by atoms with Gasteiger partial charge in [-0.15, -0.1) is 0 Å². The smallest absolute Gasteiger partial charge is 0.311 e. The lowest BCUT2D eigenvalue weighted by Gasteiger charge is -2.21. The van der Waals surface area contributed by atoms with Gasteiger partial charge in [0.25, 0.3) is 0 Å². The van der Waals surface area contributed by atoms with Crippen LogP contribution in [0.25, 0.3) is 0 Å². The average Bonchev–Trinajstić information content (AvgIpc) is 2.48. The van der Waals surface area contributed by atoms with E-state index in [2.05, 4.69) is 0 Å². The molecule has 0 amide bonds. The standard InChI is InChI=1S/C17H16O4/c18-16(19)14(11-12-7-3-1-4-8-12)15(17(20)21)13-9-5-2-6-10-13/h1-10,14-15H,11H2,(H,18,19)(H,20,21)/t14-,15-/m0/s1. The molecule has 0 saturated carbocycles. The van der Waals surface area contributed by atoms with Gasteiger partial charge in [-0.05, 0) is 17.5 Å². The van der Waals surface area contributed by atoms with Crippen LogP contribution < -0.4 is 0 Å². The molecule has 0 aliphatic rings. The van der Waals surface area contributed by atoms with E-state index in [0.29, 0.717) is 5.56 Å². The van der Waals surface area contributed by atoms with Crippen LogP contribution in [0, 0.1) is 5.92 Å². The highest BCUT2D eigenvalue weighted by Gasteiger charge is 2.35. The van der Waals surface area contributed by atoms with Crippen molar-refractivity contribution < 1.29 is 19.8 Å². The molecule has 4 nitrogen and oxygen atoms in total. The van der Waals surface area contributed by atoms with Gasteiger partial charge >= 0.3 is 11.9 Å². The van der Waals surface area contributed by atoms with Gasteiger partial charge in [-0.2, -0.15) is 0 Å². The summed E-state index contributed by atoms with van der Waals surface area (Å²) < 4.78 is 0. The third-order valence-electron chi connectivity index (χ3n) is 3.44. The second-order valence-electron chi connectivity index (χ2n) is 4.86. The molecule has 2 aromatic rings. The average molecular weight is 284 g/mol. The second-order valence-corrected chi connectivity index (χ2v) is 4.86. The highest BCUT2D eigenvalue weighted by Crippen LogP contribution is 2.28. The fourth-order valence-electron chi connectivity index (χ4n) is 2.42. The molecule has 2 aromatic carbocycles. The van der Waals surface area contributed by atoms with Crippen LogP contribution in [0.4, 0.5) is 0 Å². The molecule has 108 valence electrons. The van der Waals surface area contributed by atoms with Crippen LogP contribution in [0.1, 0.15) is 17.0 Å². The summed E-state index contributed by atoms with van der Waals surface area (Å²) in [5, 5.41) is 18.9. The number of rotatable bonds is 6. The summed E-state index contributed by atoms with van der Waals surface area (Å²) in [6.07, 6.45) is 0.183. The molecular formula is C17H16O4. The maximum Gasteiger partial charge on any atom is 0.311 e. The van der Waals surface area contributed by atoms with Gasteiger partial charge in [0.15, 0.2) is 0 Å². The van der Waals surface area contributed by atoms with Crippen molar-refractivity contribution >= 4 is 11.9 Å². The van der Waals surface area contributed by atoms with Gasteiger partial charge in [-0.1, -0.05) is 60.7 Å². The number of benzene rings is 2. The molecule has 2 rings (SSSR count). The number of aliphatic carboxylic acids is 2. The first kappa shape index (κ1) is 14.8. The van der Waals surface area contributed by atoms with E-state index in [4.69, 9.17) is 0 Å². The van der Waals surface area contributed by atoms with Gasteiger partial charge in [0.1, 0.15) is 0 Å². The van der Waals surface area contributed by atoms with E-state index in [0.717, 1.165) is 5.56 Å². The summed E-state index contributed by atoms with van der Waals surface area (Å²) in [6.45, 7) is 0. The Labute approximate surface area is 122 Å². The van der Waals surface area contributed by atoms with Crippen LogP contribution >= 0.6 is 0 Å². The molecule has 2 atom stereocenters. The molecule has 0 spiro atoms.